The van der Waals surface area contributed by atoms with Crippen molar-refractivity contribution in [3.05, 3.63) is 88.2 Å². The number of nitrogens with one attached hydrogen (secondary N) is 1. The van der Waals surface area contributed by atoms with E-state index in [2.05, 4.69) is 21.2 Å². The Morgan fingerprint density at radius 2 is 1.92 bits per heavy atom. The number of rotatable bonds is 4. The van der Waals surface area contributed by atoms with E-state index < -0.39 is 5.91 Å². The fraction of sp³-hybridized carbons (Fsp3) is 0.0476. The summed E-state index contributed by atoms with van der Waals surface area (Å²) in [4.78, 5) is 12.4. The molecule has 0 bridgehead atoms. The molecule has 0 unspecified atom stereocenters. The molecule has 0 atom stereocenters. The number of aryl methyl sites for hydroxylation is 1. The molecule has 0 fully saturated rings. The topological polar surface area (TPSA) is 57.8 Å². The van der Waals surface area contributed by atoms with Crippen molar-refractivity contribution in [2.24, 2.45) is 0 Å². The van der Waals surface area contributed by atoms with Crippen LogP contribution in [-0.4, -0.2) is 10.5 Å². The predicted octanol–water partition coefficient (Wildman–Crippen LogP) is 5.09. The number of carbonyl (C=O) groups is 1. The average Bonchev–Trinajstić information content (AvgIpc) is 3.00. The van der Waals surface area contributed by atoms with Crippen molar-refractivity contribution in [2.45, 2.75) is 6.92 Å². The fourth-order valence-electron chi connectivity index (χ4n) is 2.62. The largest absolute Gasteiger partial charge is 0.321 e. The van der Waals surface area contributed by atoms with Crippen LogP contribution in [0.25, 0.3) is 11.8 Å². The Morgan fingerprint density at radius 1 is 1.15 bits per heavy atom. The van der Waals surface area contributed by atoms with Crippen molar-refractivity contribution >= 4 is 33.6 Å². The summed E-state index contributed by atoms with van der Waals surface area (Å²) in [6.07, 6.45) is 3.51. The lowest BCUT2D eigenvalue weighted by Crippen LogP contribution is -2.13. The van der Waals surface area contributed by atoms with E-state index in [1.807, 2.05) is 72.3 Å². The lowest BCUT2D eigenvalue weighted by atomic mass is 10.2. The van der Waals surface area contributed by atoms with Gasteiger partial charge in [-0.05, 0) is 55.0 Å². The van der Waals surface area contributed by atoms with Gasteiger partial charge in [-0.25, -0.2) is 0 Å². The molecule has 2 aromatic carbocycles. The number of aromatic nitrogens is 1. The zero-order valence-corrected chi connectivity index (χ0v) is 15.7. The van der Waals surface area contributed by atoms with Crippen LogP contribution in [0.4, 0.5) is 5.69 Å². The average molecular weight is 406 g/mol. The summed E-state index contributed by atoms with van der Waals surface area (Å²) < 4.78 is 2.88. The van der Waals surface area contributed by atoms with E-state index in [1.165, 1.54) is 0 Å². The molecule has 1 amide bonds. The van der Waals surface area contributed by atoms with Crippen molar-refractivity contribution in [3.8, 4) is 11.8 Å². The molecule has 5 heteroatoms. The third-order valence-corrected chi connectivity index (χ3v) is 4.32. The highest BCUT2D eigenvalue weighted by molar-refractivity contribution is 9.10. The number of hydrogen-bond donors (Lipinski definition) is 1. The predicted molar refractivity (Wildman–Crippen MR) is 107 cm³/mol. The lowest BCUT2D eigenvalue weighted by molar-refractivity contribution is -0.112. The molecule has 26 heavy (non-hydrogen) atoms. The molecular formula is C21H16BrN3O. The SMILES string of the molecule is Cc1cc(/C=C(\C#N)C(=O)Nc2cccc(Br)c2)cn1-c1ccccc1. The normalized spacial score (nSPS) is 11.0. The maximum atomic E-state index is 12.4. The van der Waals surface area contributed by atoms with E-state index in [0.717, 1.165) is 21.4 Å². The summed E-state index contributed by atoms with van der Waals surface area (Å²) in [6.45, 7) is 1.98. The van der Waals surface area contributed by atoms with Gasteiger partial charge in [-0.15, -0.1) is 0 Å². The Bertz CT molecular complexity index is 1010. The first-order valence-corrected chi connectivity index (χ1v) is 8.79. The van der Waals surface area contributed by atoms with Gasteiger partial charge in [-0.1, -0.05) is 40.2 Å². The van der Waals surface area contributed by atoms with Crippen LogP contribution >= 0.6 is 15.9 Å². The van der Waals surface area contributed by atoms with Crippen molar-refractivity contribution in [1.29, 1.82) is 5.26 Å². The van der Waals surface area contributed by atoms with Crippen molar-refractivity contribution in [3.63, 3.8) is 0 Å². The molecule has 1 heterocycles. The molecule has 0 aliphatic heterocycles. The number of benzene rings is 2. The standard InChI is InChI=1S/C21H16BrN3O/c1-15-10-16(14-25(15)20-8-3-2-4-9-20)11-17(13-23)21(26)24-19-7-5-6-18(22)12-19/h2-12,14H,1H3,(H,24,26)/b17-11+. The van der Waals surface area contributed by atoms with Gasteiger partial charge in [0.15, 0.2) is 0 Å². The zero-order valence-electron chi connectivity index (χ0n) is 14.1. The summed E-state index contributed by atoms with van der Waals surface area (Å²) in [7, 11) is 0. The minimum Gasteiger partial charge on any atom is -0.321 e. The van der Waals surface area contributed by atoms with Gasteiger partial charge < -0.3 is 9.88 Å². The Kier molecular flexibility index (Phi) is 5.35. The molecule has 0 aliphatic carbocycles. The van der Waals surface area contributed by atoms with Gasteiger partial charge in [0.05, 0.1) is 0 Å². The van der Waals surface area contributed by atoms with Gasteiger partial charge in [0.25, 0.3) is 5.91 Å². The minimum absolute atomic E-state index is 0.0511. The second-order valence-electron chi connectivity index (χ2n) is 5.75. The van der Waals surface area contributed by atoms with E-state index >= 15 is 0 Å². The summed E-state index contributed by atoms with van der Waals surface area (Å²) in [5, 5.41) is 12.1. The summed E-state index contributed by atoms with van der Waals surface area (Å²) in [5.74, 6) is -0.435. The zero-order chi connectivity index (χ0) is 18.5. The molecule has 0 aliphatic rings. The highest BCUT2D eigenvalue weighted by Crippen LogP contribution is 2.19. The van der Waals surface area contributed by atoms with Crippen LogP contribution in [0.15, 0.2) is 76.9 Å². The molecule has 0 radical (unpaired) electrons. The molecule has 3 aromatic rings. The van der Waals surface area contributed by atoms with Crippen LogP contribution in [0.3, 0.4) is 0 Å². The molecule has 4 nitrogen and oxygen atoms in total. The van der Waals surface area contributed by atoms with Crippen LogP contribution in [-0.2, 0) is 4.79 Å². The van der Waals surface area contributed by atoms with Crippen LogP contribution in [0, 0.1) is 18.3 Å². The highest BCUT2D eigenvalue weighted by atomic mass is 79.9. The molecular weight excluding hydrogens is 390 g/mol. The number of amides is 1. The first-order valence-electron chi connectivity index (χ1n) is 8.00. The monoisotopic (exact) mass is 405 g/mol. The van der Waals surface area contributed by atoms with Crippen molar-refractivity contribution in [1.82, 2.24) is 4.57 Å². The number of nitriles is 1. The Morgan fingerprint density at radius 3 is 2.62 bits per heavy atom. The van der Waals surface area contributed by atoms with E-state index in [-0.39, 0.29) is 5.57 Å². The van der Waals surface area contributed by atoms with E-state index in [0.29, 0.717) is 5.69 Å². The maximum Gasteiger partial charge on any atom is 0.266 e. The summed E-state index contributed by atoms with van der Waals surface area (Å²) in [5.41, 5.74) is 3.53. The van der Waals surface area contributed by atoms with Crippen LogP contribution < -0.4 is 5.32 Å². The smallest absolute Gasteiger partial charge is 0.266 e. The van der Waals surface area contributed by atoms with Crippen LogP contribution in [0.1, 0.15) is 11.3 Å². The fourth-order valence-corrected chi connectivity index (χ4v) is 3.02. The number of halogens is 1. The second-order valence-corrected chi connectivity index (χ2v) is 6.67. The first kappa shape index (κ1) is 17.7. The van der Waals surface area contributed by atoms with Gasteiger partial charge in [0, 0.05) is 27.7 Å². The molecule has 3 rings (SSSR count). The van der Waals surface area contributed by atoms with Gasteiger partial charge in [0.2, 0.25) is 0 Å². The van der Waals surface area contributed by atoms with Gasteiger partial charge in [0.1, 0.15) is 11.6 Å². The minimum atomic E-state index is -0.435. The van der Waals surface area contributed by atoms with Gasteiger partial charge >= 0.3 is 0 Å². The number of anilines is 1. The lowest BCUT2D eigenvalue weighted by Gasteiger charge is -2.05. The Balaban J connectivity index is 1.85. The number of carbonyl (C=O) groups excluding carboxylic acids is 1. The summed E-state index contributed by atoms with van der Waals surface area (Å²) in [6, 6.07) is 21.1. The number of nitrogens with zero attached hydrogens (tertiary/aromatic N) is 2. The first-order chi connectivity index (χ1) is 12.6. The van der Waals surface area contributed by atoms with E-state index in [9.17, 15) is 10.1 Å². The molecule has 0 saturated heterocycles. The molecule has 1 N–H and O–H groups in total. The highest BCUT2D eigenvalue weighted by Gasteiger charge is 2.11. The van der Waals surface area contributed by atoms with Gasteiger partial charge in [-0.2, -0.15) is 5.26 Å². The maximum absolute atomic E-state index is 12.4. The van der Waals surface area contributed by atoms with Crippen molar-refractivity contribution < 1.29 is 4.79 Å². The van der Waals surface area contributed by atoms with Crippen molar-refractivity contribution in [2.75, 3.05) is 5.32 Å². The third-order valence-electron chi connectivity index (χ3n) is 3.83. The molecule has 0 saturated carbocycles. The van der Waals surface area contributed by atoms with Crippen LogP contribution in [0.2, 0.25) is 0 Å². The molecule has 128 valence electrons. The van der Waals surface area contributed by atoms with E-state index in [1.54, 1.807) is 18.2 Å². The third kappa shape index (κ3) is 4.11. The molecule has 0 spiro atoms. The van der Waals surface area contributed by atoms with Crippen LogP contribution in [0.5, 0.6) is 0 Å². The quantitative estimate of drug-likeness (QED) is 0.485. The number of hydrogen-bond acceptors (Lipinski definition) is 2. The van der Waals surface area contributed by atoms with Gasteiger partial charge in [-0.3, -0.25) is 4.79 Å². The Labute approximate surface area is 160 Å². The number of para-hydroxylation sites is 1. The van der Waals surface area contributed by atoms with E-state index in [4.69, 9.17) is 0 Å². The second kappa shape index (κ2) is 7.85. The Hall–Kier alpha value is -3.10. The molecule has 1 aromatic heterocycles. The summed E-state index contributed by atoms with van der Waals surface area (Å²) >= 11 is 3.36.